The van der Waals surface area contributed by atoms with E-state index in [0.29, 0.717) is 42.6 Å². The van der Waals surface area contributed by atoms with Crippen LogP contribution in [0.3, 0.4) is 0 Å². The van der Waals surface area contributed by atoms with Crippen molar-refractivity contribution in [2.75, 3.05) is 25.7 Å². The van der Waals surface area contributed by atoms with Gasteiger partial charge in [-0.1, -0.05) is 29.4 Å². The van der Waals surface area contributed by atoms with Gasteiger partial charge < -0.3 is 18.9 Å². The van der Waals surface area contributed by atoms with Crippen molar-refractivity contribution in [1.29, 1.82) is 0 Å². The van der Waals surface area contributed by atoms with Crippen LogP contribution in [0.1, 0.15) is 29.6 Å². The van der Waals surface area contributed by atoms with E-state index in [4.69, 9.17) is 14.0 Å². The molecule has 1 fully saturated rings. The Morgan fingerprint density at radius 1 is 1.07 bits per heavy atom. The fourth-order valence-corrected chi connectivity index (χ4v) is 3.56. The number of hydrogen-bond acceptors (Lipinski definition) is 6. The van der Waals surface area contributed by atoms with Crippen molar-refractivity contribution in [3.8, 4) is 11.5 Å². The highest BCUT2D eigenvalue weighted by Gasteiger charge is 2.34. The quantitative estimate of drug-likeness (QED) is 0.612. The normalized spacial score (nSPS) is 16.3. The molecule has 1 saturated heterocycles. The molecule has 29 heavy (non-hydrogen) atoms. The number of anilines is 1. The highest BCUT2D eigenvalue weighted by atomic mass is 16.5. The van der Waals surface area contributed by atoms with Gasteiger partial charge in [-0.05, 0) is 36.2 Å². The van der Waals surface area contributed by atoms with Gasteiger partial charge in [-0.15, -0.1) is 0 Å². The van der Waals surface area contributed by atoms with Gasteiger partial charge in [-0.3, -0.25) is 4.79 Å². The lowest BCUT2D eigenvalue weighted by molar-refractivity contribution is -0.117. The van der Waals surface area contributed by atoms with Crippen molar-refractivity contribution in [1.82, 2.24) is 10.1 Å². The number of hydrogen-bond donors (Lipinski definition) is 0. The Hall–Kier alpha value is -3.35. The average Bonchev–Trinajstić information content (AvgIpc) is 3.39. The maximum atomic E-state index is 12.4. The molecule has 150 valence electrons. The van der Waals surface area contributed by atoms with Gasteiger partial charge in [0.15, 0.2) is 17.3 Å². The molecule has 3 aromatic rings. The first-order chi connectivity index (χ1) is 14.2. The van der Waals surface area contributed by atoms with Crippen molar-refractivity contribution in [2.45, 2.75) is 25.2 Å². The Balaban J connectivity index is 1.40. The van der Waals surface area contributed by atoms with E-state index >= 15 is 0 Å². The van der Waals surface area contributed by atoms with Gasteiger partial charge in [0.1, 0.15) is 0 Å². The number of para-hydroxylation sites is 1. The summed E-state index contributed by atoms with van der Waals surface area (Å²) in [4.78, 5) is 18.7. The van der Waals surface area contributed by atoms with Crippen molar-refractivity contribution >= 4 is 11.6 Å². The molecule has 0 spiro atoms. The summed E-state index contributed by atoms with van der Waals surface area (Å²) in [5, 5.41) is 4.12. The Bertz CT molecular complexity index is 987. The van der Waals surface area contributed by atoms with Crippen molar-refractivity contribution in [3.05, 3.63) is 65.8 Å². The minimum atomic E-state index is -0.0544. The number of aromatic nitrogens is 2. The Morgan fingerprint density at radius 2 is 1.86 bits per heavy atom. The van der Waals surface area contributed by atoms with E-state index in [1.807, 2.05) is 48.5 Å². The van der Waals surface area contributed by atoms with E-state index < -0.39 is 0 Å². The lowest BCUT2D eigenvalue weighted by atomic mass is 10.1. The van der Waals surface area contributed by atoms with E-state index in [1.54, 1.807) is 19.1 Å². The van der Waals surface area contributed by atoms with Gasteiger partial charge in [0.2, 0.25) is 11.8 Å². The maximum absolute atomic E-state index is 12.4. The van der Waals surface area contributed by atoms with Crippen LogP contribution in [0.2, 0.25) is 0 Å². The molecule has 4 rings (SSSR count). The summed E-state index contributed by atoms with van der Waals surface area (Å²) in [6.45, 7) is 0.567. The highest BCUT2D eigenvalue weighted by molar-refractivity contribution is 5.96. The predicted molar refractivity (Wildman–Crippen MR) is 107 cm³/mol. The number of amides is 1. The molecule has 0 N–H and O–H groups in total. The zero-order valence-corrected chi connectivity index (χ0v) is 16.5. The number of benzene rings is 2. The van der Waals surface area contributed by atoms with Crippen LogP contribution >= 0.6 is 0 Å². The largest absolute Gasteiger partial charge is 0.493 e. The number of rotatable bonds is 7. The predicted octanol–water partition coefficient (Wildman–Crippen LogP) is 3.39. The third-order valence-corrected chi connectivity index (χ3v) is 5.12. The monoisotopic (exact) mass is 393 g/mol. The third kappa shape index (κ3) is 4.08. The second-order valence-electron chi connectivity index (χ2n) is 6.98. The SMILES string of the molecule is COc1ccc(CCc2nc(C3CC(=O)N(c4ccccc4)C3)no2)cc1OC. The Labute approximate surface area is 169 Å². The summed E-state index contributed by atoms with van der Waals surface area (Å²) in [6.07, 6.45) is 1.75. The van der Waals surface area contributed by atoms with Crippen LogP contribution in [0.25, 0.3) is 0 Å². The molecular weight excluding hydrogens is 370 g/mol. The molecule has 1 aromatic heterocycles. The minimum Gasteiger partial charge on any atom is -0.493 e. The molecule has 2 heterocycles. The van der Waals surface area contributed by atoms with Gasteiger partial charge >= 0.3 is 0 Å². The van der Waals surface area contributed by atoms with Crippen molar-refractivity contribution in [2.24, 2.45) is 0 Å². The number of carbonyl (C=O) groups excluding carboxylic acids is 1. The van der Waals surface area contributed by atoms with Gasteiger partial charge in [-0.25, -0.2) is 0 Å². The van der Waals surface area contributed by atoms with Gasteiger partial charge in [0, 0.05) is 31.0 Å². The van der Waals surface area contributed by atoms with Gasteiger partial charge in [-0.2, -0.15) is 4.98 Å². The van der Waals surface area contributed by atoms with E-state index in [2.05, 4.69) is 10.1 Å². The summed E-state index contributed by atoms with van der Waals surface area (Å²) >= 11 is 0. The third-order valence-electron chi connectivity index (χ3n) is 5.12. The van der Waals surface area contributed by atoms with E-state index in [1.165, 1.54) is 0 Å². The van der Waals surface area contributed by atoms with Gasteiger partial charge in [0.05, 0.1) is 14.2 Å². The number of carbonyl (C=O) groups is 1. The fourth-order valence-electron chi connectivity index (χ4n) is 3.56. The maximum Gasteiger partial charge on any atom is 0.227 e. The Kier molecular flexibility index (Phi) is 5.46. The van der Waals surface area contributed by atoms with Crippen LogP contribution in [0, 0.1) is 0 Å². The first-order valence-electron chi connectivity index (χ1n) is 9.56. The topological polar surface area (TPSA) is 77.7 Å². The molecular formula is C22H23N3O4. The van der Waals surface area contributed by atoms with Crippen LogP contribution in [0.5, 0.6) is 11.5 Å². The molecule has 0 saturated carbocycles. The lowest BCUT2D eigenvalue weighted by Crippen LogP contribution is -2.24. The summed E-state index contributed by atoms with van der Waals surface area (Å²) in [5.74, 6) is 2.59. The summed E-state index contributed by atoms with van der Waals surface area (Å²) in [5.41, 5.74) is 1.99. The lowest BCUT2D eigenvalue weighted by Gasteiger charge is -2.15. The van der Waals surface area contributed by atoms with Crippen LogP contribution in [-0.2, 0) is 17.6 Å². The molecule has 0 bridgehead atoms. The Morgan fingerprint density at radius 3 is 2.62 bits per heavy atom. The first kappa shape index (κ1) is 19.0. The smallest absolute Gasteiger partial charge is 0.227 e. The minimum absolute atomic E-state index is 0.0544. The summed E-state index contributed by atoms with van der Waals surface area (Å²) in [7, 11) is 3.23. The molecule has 0 radical (unpaired) electrons. The van der Waals surface area contributed by atoms with E-state index in [9.17, 15) is 4.79 Å². The summed E-state index contributed by atoms with van der Waals surface area (Å²) in [6, 6.07) is 15.5. The second kappa shape index (κ2) is 8.34. The van der Waals surface area contributed by atoms with Crippen molar-refractivity contribution < 1.29 is 18.8 Å². The average molecular weight is 393 g/mol. The fraction of sp³-hybridized carbons (Fsp3) is 0.318. The zero-order chi connectivity index (χ0) is 20.2. The number of aryl methyl sites for hydroxylation is 2. The standard InChI is InChI=1S/C22H23N3O4/c1-27-18-10-8-15(12-19(18)28-2)9-11-20-23-22(24-29-20)16-13-21(26)25(14-16)17-6-4-3-5-7-17/h3-8,10,12,16H,9,11,13-14H2,1-2H3. The number of methoxy groups -OCH3 is 2. The number of ether oxygens (including phenoxy) is 2. The van der Waals surface area contributed by atoms with Crippen LogP contribution in [0.15, 0.2) is 53.1 Å². The van der Waals surface area contributed by atoms with Gasteiger partial charge in [0.25, 0.3) is 0 Å². The molecule has 1 aliphatic rings. The van der Waals surface area contributed by atoms with Crippen LogP contribution in [0.4, 0.5) is 5.69 Å². The summed E-state index contributed by atoms with van der Waals surface area (Å²) < 4.78 is 16.0. The molecule has 2 aromatic carbocycles. The molecule has 1 unspecified atom stereocenters. The van der Waals surface area contributed by atoms with E-state index in [0.717, 1.165) is 17.7 Å². The van der Waals surface area contributed by atoms with E-state index in [-0.39, 0.29) is 11.8 Å². The molecule has 1 amide bonds. The molecule has 1 atom stereocenters. The molecule has 7 heteroatoms. The van der Waals surface area contributed by atoms with Crippen LogP contribution < -0.4 is 14.4 Å². The van der Waals surface area contributed by atoms with Crippen molar-refractivity contribution in [3.63, 3.8) is 0 Å². The number of nitrogens with zero attached hydrogens (tertiary/aromatic N) is 3. The molecule has 0 aliphatic carbocycles. The molecule has 1 aliphatic heterocycles. The van der Waals surface area contributed by atoms with Crippen LogP contribution in [-0.4, -0.2) is 36.8 Å². The highest BCUT2D eigenvalue weighted by Crippen LogP contribution is 2.31. The first-order valence-corrected chi connectivity index (χ1v) is 9.56. The molecule has 7 nitrogen and oxygen atoms in total. The zero-order valence-electron chi connectivity index (χ0n) is 16.5. The second-order valence-corrected chi connectivity index (χ2v) is 6.98.